The maximum atomic E-state index is 13.5. The lowest BCUT2D eigenvalue weighted by Gasteiger charge is -2.18. The van der Waals surface area contributed by atoms with Gasteiger partial charge < -0.3 is 10.1 Å². The summed E-state index contributed by atoms with van der Waals surface area (Å²) in [6, 6.07) is 3.51. The van der Waals surface area contributed by atoms with Gasteiger partial charge in [0.15, 0.2) is 0 Å². The van der Waals surface area contributed by atoms with Crippen molar-refractivity contribution in [2.24, 2.45) is 5.92 Å². The molecule has 0 amide bonds. The fourth-order valence-electron chi connectivity index (χ4n) is 1.68. The van der Waals surface area contributed by atoms with Gasteiger partial charge in [0.05, 0.1) is 0 Å². The molecule has 1 rings (SSSR count). The Kier molecular flexibility index (Phi) is 5.51. The molecule has 2 atom stereocenters. The van der Waals surface area contributed by atoms with E-state index < -0.39 is 11.6 Å². The predicted octanol–water partition coefficient (Wildman–Crippen LogP) is 2.90. The first kappa shape index (κ1) is 14.1. The molecule has 4 heteroatoms. The predicted molar refractivity (Wildman–Crippen MR) is 63.8 cm³/mol. The second-order valence-corrected chi connectivity index (χ2v) is 4.36. The van der Waals surface area contributed by atoms with Gasteiger partial charge in [0.2, 0.25) is 0 Å². The van der Waals surface area contributed by atoms with Gasteiger partial charge >= 0.3 is 0 Å². The first-order valence-electron chi connectivity index (χ1n) is 5.72. The van der Waals surface area contributed by atoms with E-state index in [1.807, 2.05) is 13.8 Å². The molecule has 2 unspecified atom stereocenters. The van der Waals surface area contributed by atoms with E-state index in [1.54, 1.807) is 7.11 Å². The van der Waals surface area contributed by atoms with Gasteiger partial charge in [-0.1, -0.05) is 13.0 Å². The van der Waals surface area contributed by atoms with E-state index in [0.717, 1.165) is 12.6 Å². The molecule has 1 aromatic rings. The Labute approximate surface area is 101 Å². The molecule has 0 aromatic heterocycles. The van der Waals surface area contributed by atoms with Crippen LogP contribution in [0.1, 0.15) is 25.5 Å². The van der Waals surface area contributed by atoms with Crippen molar-refractivity contribution in [3.8, 4) is 0 Å². The number of nitrogens with one attached hydrogen (secondary N) is 1. The van der Waals surface area contributed by atoms with Gasteiger partial charge in [0.1, 0.15) is 11.6 Å². The van der Waals surface area contributed by atoms with Crippen LogP contribution in [0.2, 0.25) is 0 Å². The van der Waals surface area contributed by atoms with Gasteiger partial charge in [-0.2, -0.15) is 0 Å². The third-order valence-electron chi connectivity index (χ3n) is 2.65. The molecule has 0 aliphatic carbocycles. The molecule has 0 aliphatic rings. The van der Waals surface area contributed by atoms with Crippen molar-refractivity contribution in [3.63, 3.8) is 0 Å². The van der Waals surface area contributed by atoms with Crippen LogP contribution in [0.25, 0.3) is 0 Å². The monoisotopic (exact) mass is 243 g/mol. The Morgan fingerprint density at radius 3 is 2.59 bits per heavy atom. The van der Waals surface area contributed by atoms with E-state index >= 15 is 0 Å². The van der Waals surface area contributed by atoms with Crippen molar-refractivity contribution in [1.82, 2.24) is 5.32 Å². The second kappa shape index (κ2) is 6.67. The van der Waals surface area contributed by atoms with Crippen molar-refractivity contribution >= 4 is 0 Å². The van der Waals surface area contributed by atoms with E-state index in [-0.39, 0.29) is 6.04 Å². The molecule has 0 bridgehead atoms. The van der Waals surface area contributed by atoms with Crippen molar-refractivity contribution < 1.29 is 13.5 Å². The Morgan fingerprint density at radius 2 is 2.00 bits per heavy atom. The summed E-state index contributed by atoms with van der Waals surface area (Å²) in [5, 5.41) is 3.20. The molecule has 0 saturated heterocycles. The summed E-state index contributed by atoms with van der Waals surface area (Å²) in [6.45, 7) is 5.29. The average molecular weight is 243 g/mol. The van der Waals surface area contributed by atoms with Crippen molar-refractivity contribution in [2.75, 3.05) is 20.3 Å². The molecule has 0 fully saturated rings. The number of hydrogen-bond acceptors (Lipinski definition) is 2. The summed E-state index contributed by atoms with van der Waals surface area (Å²) in [7, 11) is 1.65. The first-order chi connectivity index (χ1) is 8.04. The second-order valence-electron chi connectivity index (χ2n) is 4.36. The van der Waals surface area contributed by atoms with Crippen molar-refractivity contribution in [2.45, 2.75) is 19.9 Å². The lowest BCUT2D eigenvalue weighted by atomic mass is 10.1. The molecule has 1 N–H and O–H groups in total. The van der Waals surface area contributed by atoms with Crippen LogP contribution in [0.3, 0.4) is 0 Å². The molecule has 0 radical (unpaired) electrons. The zero-order valence-corrected chi connectivity index (χ0v) is 10.5. The highest BCUT2D eigenvalue weighted by Crippen LogP contribution is 2.17. The smallest absolute Gasteiger partial charge is 0.130 e. The Balaban J connectivity index is 2.54. The van der Waals surface area contributed by atoms with Gasteiger partial charge in [-0.05, 0) is 18.9 Å². The SMILES string of the molecule is COCC(C)CNC(C)c1ccc(F)cc1F. The van der Waals surface area contributed by atoms with Crippen LogP contribution >= 0.6 is 0 Å². The summed E-state index contributed by atoms with van der Waals surface area (Å²) in [4.78, 5) is 0. The van der Waals surface area contributed by atoms with Gasteiger partial charge in [-0.15, -0.1) is 0 Å². The quantitative estimate of drug-likeness (QED) is 0.829. The lowest BCUT2D eigenvalue weighted by molar-refractivity contribution is 0.157. The topological polar surface area (TPSA) is 21.3 Å². The number of benzene rings is 1. The largest absolute Gasteiger partial charge is 0.384 e. The Bertz CT molecular complexity index is 357. The van der Waals surface area contributed by atoms with Crippen LogP contribution in [0, 0.1) is 17.6 Å². The summed E-state index contributed by atoms with van der Waals surface area (Å²) < 4.78 is 31.2. The molecule has 0 aliphatic heterocycles. The average Bonchev–Trinajstić information content (AvgIpc) is 2.26. The number of halogens is 2. The van der Waals surface area contributed by atoms with Crippen molar-refractivity contribution in [1.29, 1.82) is 0 Å². The lowest BCUT2D eigenvalue weighted by Crippen LogP contribution is -2.27. The van der Waals surface area contributed by atoms with Crippen LogP contribution in [-0.2, 0) is 4.74 Å². The van der Waals surface area contributed by atoms with E-state index in [4.69, 9.17) is 4.74 Å². The van der Waals surface area contributed by atoms with E-state index in [9.17, 15) is 8.78 Å². The molecule has 0 spiro atoms. The number of hydrogen-bond donors (Lipinski definition) is 1. The summed E-state index contributed by atoms with van der Waals surface area (Å²) in [5.74, 6) is -0.707. The highest BCUT2D eigenvalue weighted by molar-refractivity contribution is 5.21. The van der Waals surface area contributed by atoms with E-state index in [2.05, 4.69) is 5.32 Å². The molecular formula is C13H19F2NO. The van der Waals surface area contributed by atoms with Crippen LogP contribution < -0.4 is 5.32 Å². The summed E-state index contributed by atoms with van der Waals surface area (Å²) in [5.41, 5.74) is 0.482. The minimum absolute atomic E-state index is 0.144. The third kappa shape index (κ3) is 4.40. The highest BCUT2D eigenvalue weighted by Gasteiger charge is 2.12. The maximum absolute atomic E-state index is 13.5. The van der Waals surface area contributed by atoms with Gasteiger partial charge in [-0.25, -0.2) is 8.78 Å². The molecule has 0 heterocycles. The van der Waals surface area contributed by atoms with Crippen LogP contribution in [0.15, 0.2) is 18.2 Å². The van der Waals surface area contributed by atoms with E-state index in [1.165, 1.54) is 12.1 Å². The molecule has 0 saturated carbocycles. The highest BCUT2D eigenvalue weighted by atomic mass is 19.1. The molecule has 17 heavy (non-hydrogen) atoms. The van der Waals surface area contributed by atoms with Crippen LogP contribution in [0.4, 0.5) is 8.78 Å². The summed E-state index contributed by atoms with van der Waals surface area (Å²) >= 11 is 0. The molecule has 1 aromatic carbocycles. The molecule has 2 nitrogen and oxygen atoms in total. The van der Waals surface area contributed by atoms with Gasteiger partial charge in [0, 0.05) is 37.9 Å². The zero-order chi connectivity index (χ0) is 12.8. The van der Waals surface area contributed by atoms with E-state index in [0.29, 0.717) is 18.1 Å². The van der Waals surface area contributed by atoms with Gasteiger partial charge in [0.25, 0.3) is 0 Å². The summed E-state index contributed by atoms with van der Waals surface area (Å²) in [6.07, 6.45) is 0. The third-order valence-corrected chi connectivity index (χ3v) is 2.65. The zero-order valence-electron chi connectivity index (χ0n) is 10.5. The fraction of sp³-hybridized carbons (Fsp3) is 0.538. The van der Waals surface area contributed by atoms with Crippen molar-refractivity contribution in [3.05, 3.63) is 35.4 Å². The van der Waals surface area contributed by atoms with Gasteiger partial charge in [-0.3, -0.25) is 0 Å². The standard InChI is InChI=1S/C13H19F2NO/c1-9(8-17-3)7-16-10(2)12-5-4-11(14)6-13(12)15/h4-6,9-10,16H,7-8H2,1-3H3. The van der Waals surface area contributed by atoms with Crippen LogP contribution in [0.5, 0.6) is 0 Å². The Morgan fingerprint density at radius 1 is 1.29 bits per heavy atom. The fourth-order valence-corrected chi connectivity index (χ4v) is 1.68. The normalized spacial score (nSPS) is 14.6. The molecule has 96 valence electrons. The van der Waals surface area contributed by atoms with Crippen LogP contribution in [-0.4, -0.2) is 20.3 Å². The maximum Gasteiger partial charge on any atom is 0.130 e. The molecular weight excluding hydrogens is 224 g/mol. The minimum atomic E-state index is -0.550. The number of ether oxygens (including phenoxy) is 1. The minimum Gasteiger partial charge on any atom is -0.384 e. The number of rotatable bonds is 6. The Hall–Kier alpha value is -1.00. The first-order valence-corrected chi connectivity index (χ1v) is 5.72. The number of methoxy groups -OCH3 is 1.